The van der Waals surface area contributed by atoms with Crippen molar-refractivity contribution in [3.05, 3.63) is 28.8 Å². The molecule has 2 unspecified atom stereocenters. The molecule has 0 amide bonds. The maximum absolute atomic E-state index is 6.07. The molecule has 0 radical (unpaired) electrons. The van der Waals surface area contributed by atoms with E-state index in [0.717, 1.165) is 30.2 Å². The number of hydrogen-bond donors (Lipinski definition) is 1. The predicted molar refractivity (Wildman–Crippen MR) is 78.6 cm³/mol. The maximum atomic E-state index is 6.07. The van der Waals surface area contributed by atoms with E-state index < -0.39 is 0 Å². The van der Waals surface area contributed by atoms with E-state index >= 15 is 0 Å². The topological polar surface area (TPSA) is 21.3 Å². The lowest BCUT2D eigenvalue weighted by Crippen LogP contribution is -2.34. The van der Waals surface area contributed by atoms with Crippen molar-refractivity contribution in [1.82, 2.24) is 5.32 Å². The average Bonchev–Trinajstić information content (AvgIpc) is 2.36. The highest BCUT2D eigenvalue weighted by Crippen LogP contribution is 2.27. The second-order valence-electron chi connectivity index (χ2n) is 4.67. The zero-order chi connectivity index (χ0) is 13.5. The largest absolute Gasteiger partial charge is 0.496 e. The van der Waals surface area contributed by atoms with Crippen molar-refractivity contribution >= 4 is 11.6 Å². The standard InChI is InChI=1S/C15H24ClNO/c1-5-12(11(3)17-6-2)9-13-10-14(16)7-8-15(13)18-4/h7-8,10-12,17H,5-6,9H2,1-4H3. The summed E-state index contributed by atoms with van der Waals surface area (Å²) in [5.41, 5.74) is 1.20. The predicted octanol–water partition coefficient (Wildman–Crippen LogP) is 3.92. The highest BCUT2D eigenvalue weighted by atomic mass is 35.5. The lowest BCUT2D eigenvalue weighted by molar-refractivity contribution is 0.357. The minimum Gasteiger partial charge on any atom is -0.496 e. The Morgan fingerprint density at radius 1 is 1.33 bits per heavy atom. The van der Waals surface area contributed by atoms with E-state index in [2.05, 4.69) is 26.1 Å². The van der Waals surface area contributed by atoms with Crippen molar-refractivity contribution in [2.75, 3.05) is 13.7 Å². The SMILES string of the molecule is CCNC(C)C(CC)Cc1cc(Cl)ccc1OC. The molecule has 0 aliphatic carbocycles. The Hall–Kier alpha value is -0.730. The molecule has 0 aliphatic rings. The van der Waals surface area contributed by atoms with Gasteiger partial charge in [0.15, 0.2) is 0 Å². The smallest absolute Gasteiger partial charge is 0.122 e. The molecule has 0 fully saturated rings. The molecule has 102 valence electrons. The van der Waals surface area contributed by atoms with E-state index in [1.54, 1.807) is 7.11 Å². The van der Waals surface area contributed by atoms with Gasteiger partial charge in [-0.25, -0.2) is 0 Å². The van der Waals surface area contributed by atoms with Gasteiger partial charge in [-0.15, -0.1) is 0 Å². The van der Waals surface area contributed by atoms with Crippen LogP contribution in [-0.2, 0) is 6.42 Å². The van der Waals surface area contributed by atoms with Crippen molar-refractivity contribution in [3.8, 4) is 5.75 Å². The van der Waals surface area contributed by atoms with Crippen molar-refractivity contribution in [1.29, 1.82) is 0 Å². The van der Waals surface area contributed by atoms with Gasteiger partial charge < -0.3 is 10.1 Å². The van der Waals surface area contributed by atoms with Gasteiger partial charge in [0.1, 0.15) is 5.75 Å². The summed E-state index contributed by atoms with van der Waals surface area (Å²) < 4.78 is 5.41. The van der Waals surface area contributed by atoms with Gasteiger partial charge in [0.25, 0.3) is 0 Å². The lowest BCUT2D eigenvalue weighted by atomic mass is 9.90. The molecule has 1 aromatic carbocycles. The Morgan fingerprint density at radius 3 is 2.61 bits per heavy atom. The van der Waals surface area contributed by atoms with E-state index in [4.69, 9.17) is 16.3 Å². The van der Waals surface area contributed by atoms with Crippen molar-refractivity contribution in [2.45, 2.75) is 39.7 Å². The summed E-state index contributed by atoms with van der Waals surface area (Å²) in [6.45, 7) is 7.62. The molecule has 0 saturated carbocycles. The summed E-state index contributed by atoms with van der Waals surface area (Å²) in [5.74, 6) is 1.53. The van der Waals surface area contributed by atoms with Crippen LogP contribution in [0.1, 0.15) is 32.8 Å². The molecule has 2 nitrogen and oxygen atoms in total. The maximum Gasteiger partial charge on any atom is 0.122 e. The molecular formula is C15H24ClNO. The van der Waals surface area contributed by atoms with E-state index in [-0.39, 0.29) is 0 Å². The zero-order valence-corrected chi connectivity index (χ0v) is 12.6. The van der Waals surface area contributed by atoms with Crippen molar-refractivity contribution < 1.29 is 4.74 Å². The number of rotatable bonds is 7. The summed E-state index contributed by atoms with van der Waals surface area (Å²) in [6, 6.07) is 6.34. The molecule has 18 heavy (non-hydrogen) atoms. The molecule has 1 N–H and O–H groups in total. The number of ether oxygens (including phenoxy) is 1. The van der Waals surface area contributed by atoms with Gasteiger partial charge in [0.05, 0.1) is 7.11 Å². The summed E-state index contributed by atoms with van der Waals surface area (Å²) >= 11 is 6.07. The van der Waals surface area contributed by atoms with Crippen LogP contribution in [-0.4, -0.2) is 19.7 Å². The summed E-state index contributed by atoms with van der Waals surface area (Å²) in [4.78, 5) is 0. The van der Waals surface area contributed by atoms with Crippen LogP contribution >= 0.6 is 11.6 Å². The molecule has 0 saturated heterocycles. The van der Waals surface area contributed by atoms with Crippen LogP contribution in [0.15, 0.2) is 18.2 Å². The van der Waals surface area contributed by atoms with E-state index in [1.165, 1.54) is 5.56 Å². The van der Waals surface area contributed by atoms with Gasteiger partial charge in [0.2, 0.25) is 0 Å². The highest BCUT2D eigenvalue weighted by molar-refractivity contribution is 6.30. The Balaban J connectivity index is 2.83. The Labute approximate surface area is 116 Å². The van der Waals surface area contributed by atoms with Crippen LogP contribution in [0.25, 0.3) is 0 Å². The fourth-order valence-electron chi connectivity index (χ4n) is 2.35. The molecule has 0 bridgehead atoms. The highest BCUT2D eigenvalue weighted by Gasteiger charge is 2.17. The Morgan fingerprint density at radius 2 is 2.06 bits per heavy atom. The molecule has 3 heteroatoms. The van der Waals surface area contributed by atoms with Crippen molar-refractivity contribution in [2.24, 2.45) is 5.92 Å². The first kappa shape index (κ1) is 15.3. The van der Waals surface area contributed by atoms with Crippen LogP contribution in [0.2, 0.25) is 5.02 Å². The van der Waals surface area contributed by atoms with Gasteiger partial charge in [0, 0.05) is 11.1 Å². The van der Waals surface area contributed by atoms with Gasteiger partial charge in [-0.3, -0.25) is 0 Å². The summed E-state index contributed by atoms with van der Waals surface area (Å²) in [6.07, 6.45) is 2.14. The quantitative estimate of drug-likeness (QED) is 0.810. The monoisotopic (exact) mass is 269 g/mol. The second-order valence-corrected chi connectivity index (χ2v) is 5.11. The first-order valence-corrected chi connectivity index (χ1v) is 7.05. The third-order valence-electron chi connectivity index (χ3n) is 3.48. The molecule has 2 atom stereocenters. The number of methoxy groups -OCH3 is 1. The lowest BCUT2D eigenvalue weighted by Gasteiger charge is -2.24. The first-order chi connectivity index (χ1) is 8.62. The molecule has 1 rings (SSSR count). The zero-order valence-electron chi connectivity index (χ0n) is 11.8. The third kappa shape index (κ3) is 4.18. The molecule has 0 aromatic heterocycles. The fourth-order valence-corrected chi connectivity index (χ4v) is 2.55. The van der Waals surface area contributed by atoms with Crippen LogP contribution < -0.4 is 10.1 Å². The molecule has 0 spiro atoms. The summed E-state index contributed by atoms with van der Waals surface area (Å²) in [5, 5.41) is 4.27. The van der Waals surface area contributed by atoms with E-state index in [9.17, 15) is 0 Å². The van der Waals surface area contributed by atoms with Crippen molar-refractivity contribution in [3.63, 3.8) is 0 Å². The van der Waals surface area contributed by atoms with Crippen LogP contribution in [0.4, 0.5) is 0 Å². The number of halogens is 1. The minimum atomic E-state index is 0.503. The average molecular weight is 270 g/mol. The first-order valence-electron chi connectivity index (χ1n) is 6.68. The molecular weight excluding hydrogens is 246 g/mol. The second kappa shape index (κ2) is 7.65. The fraction of sp³-hybridized carbons (Fsp3) is 0.600. The van der Waals surface area contributed by atoms with Gasteiger partial charge in [-0.1, -0.05) is 31.9 Å². The van der Waals surface area contributed by atoms with Gasteiger partial charge >= 0.3 is 0 Å². The van der Waals surface area contributed by atoms with Crippen LogP contribution in [0.3, 0.4) is 0 Å². The molecule has 0 aliphatic heterocycles. The van der Waals surface area contributed by atoms with E-state index in [1.807, 2.05) is 18.2 Å². The normalized spacial score (nSPS) is 14.3. The third-order valence-corrected chi connectivity index (χ3v) is 3.72. The van der Waals surface area contributed by atoms with Gasteiger partial charge in [-0.2, -0.15) is 0 Å². The molecule has 1 aromatic rings. The number of benzene rings is 1. The number of nitrogens with one attached hydrogen (secondary N) is 1. The Kier molecular flexibility index (Phi) is 6.51. The minimum absolute atomic E-state index is 0.503. The van der Waals surface area contributed by atoms with E-state index in [0.29, 0.717) is 12.0 Å². The van der Waals surface area contributed by atoms with Crippen LogP contribution in [0.5, 0.6) is 5.75 Å². The molecule has 0 heterocycles. The van der Waals surface area contributed by atoms with Gasteiger partial charge in [-0.05, 0) is 49.6 Å². The summed E-state index contributed by atoms with van der Waals surface area (Å²) in [7, 11) is 1.71. The van der Waals surface area contributed by atoms with Crippen LogP contribution in [0, 0.1) is 5.92 Å². The Bertz CT molecular complexity index is 368. The number of hydrogen-bond acceptors (Lipinski definition) is 2.